The Bertz CT molecular complexity index is 1040. The van der Waals surface area contributed by atoms with Crippen LogP contribution in [0.3, 0.4) is 0 Å². The van der Waals surface area contributed by atoms with E-state index in [4.69, 9.17) is 16.3 Å². The van der Waals surface area contributed by atoms with Crippen molar-refractivity contribution in [3.8, 4) is 5.75 Å². The van der Waals surface area contributed by atoms with Gasteiger partial charge in [0.05, 0.1) is 12.1 Å². The quantitative estimate of drug-likeness (QED) is 0.540. The highest BCUT2D eigenvalue weighted by Crippen LogP contribution is 2.22. The van der Waals surface area contributed by atoms with Crippen molar-refractivity contribution in [1.29, 1.82) is 0 Å². The molecule has 0 spiro atoms. The van der Waals surface area contributed by atoms with Crippen LogP contribution in [-0.4, -0.2) is 27.0 Å². The maximum Gasteiger partial charge on any atom is 0.137 e. The van der Waals surface area contributed by atoms with Gasteiger partial charge in [-0.05, 0) is 41.3 Å². The molecular formula is C21H19ClN4O. The maximum atomic E-state index is 6.07. The Morgan fingerprint density at radius 2 is 1.74 bits per heavy atom. The molecule has 0 bridgehead atoms. The van der Waals surface area contributed by atoms with E-state index in [1.54, 1.807) is 13.3 Å². The van der Waals surface area contributed by atoms with Crippen molar-refractivity contribution in [2.45, 2.75) is 19.3 Å². The SMILES string of the molecule is COc1ccc(CCc2ncc(Cc3c[nH]c4ncc(Cl)cc34)cn2)cc1. The van der Waals surface area contributed by atoms with Crippen molar-refractivity contribution in [2.24, 2.45) is 0 Å². The fraction of sp³-hybridized carbons (Fsp3) is 0.190. The van der Waals surface area contributed by atoms with Gasteiger partial charge in [0.1, 0.15) is 17.2 Å². The van der Waals surface area contributed by atoms with Gasteiger partial charge in [-0.1, -0.05) is 23.7 Å². The average molecular weight is 379 g/mol. The Balaban J connectivity index is 1.41. The van der Waals surface area contributed by atoms with Gasteiger partial charge < -0.3 is 9.72 Å². The first-order valence-electron chi connectivity index (χ1n) is 8.75. The number of H-pyrrole nitrogens is 1. The largest absolute Gasteiger partial charge is 0.497 e. The third-order valence-electron chi connectivity index (χ3n) is 4.53. The number of aryl methyl sites for hydroxylation is 2. The molecule has 4 rings (SSSR count). The number of halogens is 1. The first-order valence-corrected chi connectivity index (χ1v) is 9.13. The summed E-state index contributed by atoms with van der Waals surface area (Å²) in [5.74, 6) is 1.71. The standard InChI is InChI=1S/C21H19ClN4O/c1-27-18-5-2-14(3-6-18)4-7-20-23-10-15(11-24-20)8-16-12-25-21-19(16)9-17(22)13-26-21/h2-3,5-6,9-13H,4,7-8H2,1H3,(H,25,26). The van der Waals surface area contributed by atoms with Crippen LogP contribution in [0.5, 0.6) is 5.75 Å². The number of ether oxygens (including phenoxy) is 1. The molecule has 27 heavy (non-hydrogen) atoms. The predicted molar refractivity (Wildman–Crippen MR) is 106 cm³/mol. The van der Waals surface area contributed by atoms with Crippen LogP contribution in [0, 0.1) is 0 Å². The number of methoxy groups -OCH3 is 1. The molecule has 0 fully saturated rings. The Kier molecular flexibility index (Phi) is 5.03. The summed E-state index contributed by atoms with van der Waals surface area (Å²) >= 11 is 6.07. The number of benzene rings is 1. The lowest BCUT2D eigenvalue weighted by Crippen LogP contribution is -2.00. The Hall–Kier alpha value is -2.92. The number of nitrogens with one attached hydrogen (secondary N) is 1. The minimum absolute atomic E-state index is 0.633. The normalized spacial score (nSPS) is 11.0. The van der Waals surface area contributed by atoms with E-state index in [1.807, 2.05) is 36.8 Å². The summed E-state index contributed by atoms with van der Waals surface area (Å²) in [6.07, 6.45) is 9.84. The summed E-state index contributed by atoms with van der Waals surface area (Å²) in [4.78, 5) is 16.5. The van der Waals surface area contributed by atoms with Crippen LogP contribution in [-0.2, 0) is 19.3 Å². The van der Waals surface area contributed by atoms with Crippen LogP contribution in [0.15, 0.2) is 55.1 Å². The molecule has 1 aromatic carbocycles. The number of hydrogen-bond donors (Lipinski definition) is 1. The van der Waals surface area contributed by atoms with E-state index >= 15 is 0 Å². The topological polar surface area (TPSA) is 63.7 Å². The highest BCUT2D eigenvalue weighted by atomic mass is 35.5. The Morgan fingerprint density at radius 1 is 0.963 bits per heavy atom. The van der Waals surface area contributed by atoms with E-state index in [1.165, 1.54) is 5.56 Å². The molecule has 5 nitrogen and oxygen atoms in total. The predicted octanol–water partition coefficient (Wildman–Crippen LogP) is 4.39. The van der Waals surface area contributed by atoms with Crippen molar-refractivity contribution in [1.82, 2.24) is 19.9 Å². The zero-order valence-corrected chi connectivity index (χ0v) is 15.7. The fourth-order valence-corrected chi connectivity index (χ4v) is 3.21. The van der Waals surface area contributed by atoms with Gasteiger partial charge in [-0.15, -0.1) is 0 Å². The van der Waals surface area contributed by atoms with Gasteiger partial charge in [-0.3, -0.25) is 0 Å². The number of rotatable bonds is 6. The number of hydrogen-bond acceptors (Lipinski definition) is 4. The van der Waals surface area contributed by atoms with E-state index in [2.05, 4.69) is 32.1 Å². The van der Waals surface area contributed by atoms with Crippen molar-refractivity contribution < 1.29 is 4.74 Å². The molecule has 0 atom stereocenters. The third kappa shape index (κ3) is 4.09. The van der Waals surface area contributed by atoms with Crippen molar-refractivity contribution in [3.63, 3.8) is 0 Å². The summed E-state index contributed by atoms with van der Waals surface area (Å²) in [6, 6.07) is 10.0. The molecule has 6 heteroatoms. The van der Waals surface area contributed by atoms with Crippen molar-refractivity contribution in [2.75, 3.05) is 7.11 Å². The Labute approximate surface area is 162 Å². The lowest BCUT2D eigenvalue weighted by molar-refractivity contribution is 0.414. The molecule has 0 saturated carbocycles. The van der Waals surface area contributed by atoms with Gasteiger partial charge in [0.25, 0.3) is 0 Å². The van der Waals surface area contributed by atoms with Crippen LogP contribution >= 0.6 is 11.6 Å². The summed E-state index contributed by atoms with van der Waals surface area (Å²) in [5, 5.41) is 1.67. The van der Waals surface area contributed by atoms with E-state index in [0.29, 0.717) is 5.02 Å². The fourth-order valence-electron chi connectivity index (χ4n) is 3.05. The van der Waals surface area contributed by atoms with Crippen LogP contribution in [0.2, 0.25) is 5.02 Å². The van der Waals surface area contributed by atoms with Crippen LogP contribution in [0.4, 0.5) is 0 Å². The molecule has 0 saturated heterocycles. The van der Waals surface area contributed by atoms with Gasteiger partial charge in [0.15, 0.2) is 0 Å². The van der Waals surface area contributed by atoms with E-state index in [-0.39, 0.29) is 0 Å². The second-order valence-corrected chi connectivity index (χ2v) is 6.83. The lowest BCUT2D eigenvalue weighted by Gasteiger charge is -2.04. The van der Waals surface area contributed by atoms with Crippen molar-refractivity contribution in [3.05, 3.63) is 82.7 Å². The highest BCUT2D eigenvalue weighted by molar-refractivity contribution is 6.31. The molecule has 4 aromatic rings. The highest BCUT2D eigenvalue weighted by Gasteiger charge is 2.07. The molecule has 0 amide bonds. The third-order valence-corrected chi connectivity index (χ3v) is 4.74. The summed E-state index contributed by atoms with van der Waals surface area (Å²) < 4.78 is 5.18. The first kappa shape index (κ1) is 17.5. The summed E-state index contributed by atoms with van der Waals surface area (Å²) in [7, 11) is 1.67. The minimum Gasteiger partial charge on any atom is -0.497 e. The van der Waals surface area contributed by atoms with Crippen LogP contribution < -0.4 is 4.74 Å². The van der Waals surface area contributed by atoms with E-state index < -0.39 is 0 Å². The zero-order valence-electron chi connectivity index (χ0n) is 14.9. The van der Waals surface area contributed by atoms with Gasteiger partial charge in [0.2, 0.25) is 0 Å². The summed E-state index contributed by atoms with van der Waals surface area (Å²) in [6.45, 7) is 0. The van der Waals surface area contributed by atoms with Gasteiger partial charge in [0, 0.05) is 43.0 Å². The Morgan fingerprint density at radius 3 is 2.48 bits per heavy atom. The molecule has 3 aromatic heterocycles. The summed E-state index contributed by atoms with van der Waals surface area (Å²) in [5.41, 5.74) is 4.27. The molecule has 0 aliphatic carbocycles. The molecule has 0 radical (unpaired) electrons. The maximum absolute atomic E-state index is 6.07. The van der Waals surface area contributed by atoms with E-state index in [0.717, 1.165) is 53.0 Å². The second-order valence-electron chi connectivity index (χ2n) is 6.40. The number of aromatic amines is 1. The van der Waals surface area contributed by atoms with Crippen molar-refractivity contribution >= 4 is 22.6 Å². The minimum atomic E-state index is 0.633. The zero-order chi connectivity index (χ0) is 18.6. The van der Waals surface area contributed by atoms with Crippen LogP contribution in [0.1, 0.15) is 22.5 Å². The number of nitrogens with zero attached hydrogens (tertiary/aromatic N) is 3. The van der Waals surface area contributed by atoms with Crippen LogP contribution in [0.25, 0.3) is 11.0 Å². The first-order chi connectivity index (χ1) is 13.2. The monoisotopic (exact) mass is 378 g/mol. The molecular weight excluding hydrogens is 360 g/mol. The van der Waals surface area contributed by atoms with Gasteiger partial charge in [-0.25, -0.2) is 15.0 Å². The average Bonchev–Trinajstić information content (AvgIpc) is 3.10. The molecule has 136 valence electrons. The molecule has 3 heterocycles. The lowest BCUT2D eigenvalue weighted by atomic mass is 10.1. The van der Waals surface area contributed by atoms with Gasteiger partial charge >= 0.3 is 0 Å². The molecule has 0 aliphatic rings. The molecule has 0 aliphatic heterocycles. The van der Waals surface area contributed by atoms with E-state index in [9.17, 15) is 0 Å². The molecule has 1 N–H and O–H groups in total. The van der Waals surface area contributed by atoms with Gasteiger partial charge in [-0.2, -0.15) is 0 Å². The number of pyridine rings is 1. The second kappa shape index (κ2) is 7.76. The number of aromatic nitrogens is 4. The smallest absolute Gasteiger partial charge is 0.137 e. The molecule has 0 unspecified atom stereocenters. The number of fused-ring (bicyclic) bond motifs is 1.